The summed E-state index contributed by atoms with van der Waals surface area (Å²) in [5.74, 6) is -0.929. The van der Waals surface area contributed by atoms with E-state index in [-0.39, 0.29) is 31.1 Å². The van der Waals surface area contributed by atoms with E-state index in [1.54, 1.807) is 0 Å². The maximum absolute atomic E-state index is 12.9. The van der Waals surface area contributed by atoms with Crippen molar-refractivity contribution >= 4 is 17.9 Å². The number of unbranched alkanes of at least 4 members (excludes halogenated alkanes) is 22. The minimum absolute atomic E-state index is 0.0944. The van der Waals surface area contributed by atoms with Crippen LogP contribution in [0.5, 0.6) is 0 Å². The lowest BCUT2D eigenvalue weighted by atomic mass is 10.1. The lowest BCUT2D eigenvalue weighted by Gasteiger charge is -2.18. The summed E-state index contributed by atoms with van der Waals surface area (Å²) in [7, 11) is 0. The molecule has 0 aliphatic carbocycles. The van der Waals surface area contributed by atoms with Crippen LogP contribution in [-0.2, 0) is 28.6 Å². The molecule has 0 aliphatic heterocycles. The molecule has 6 nitrogen and oxygen atoms in total. The molecule has 0 aliphatic rings. The highest BCUT2D eigenvalue weighted by molar-refractivity contribution is 5.71. The van der Waals surface area contributed by atoms with Crippen molar-refractivity contribution in [2.45, 2.75) is 271 Å². The van der Waals surface area contributed by atoms with E-state index in [2.05, 4.69) is 142 Å². The van der Waals surface area contributed by atoms with E-state index < -0.39 is 6.10 Å². The fraction of sp³-hybridized carbons (Fsp3) is 0.657. The second-order valence-corrected chi connectivity index (χ2v) is 19.5. The summed E-state index contributed by atoms with van der Waals surface area (Å²) in [6.45, 7) is 6.37. The van der Waals surface area contributed by atoms with Gasteiger partial charge in [-0.15, -0.1) is 0 Å². The topological polar surface area (TPSA) is 78.9 Å². The molecule has 6 heteroatoms. The van der Waals surface area contributed by atoms with Gasteiger partial charge >= 0.3 is 17.9 Å². The Bertz CT molecular complexity index is 1540. The number of carbonyl (C=O) groups excluding carboxylic acids is 3. The second kappa shape index (κ2) is 60.4. The first-order valence-electron chi connectivity index (χ1n) is 30.0. The highest BCUT2D eigenvalue weighted by Gasteiger charge is 2.19. The standard InChI is InChI=1S/C67H110O6/c1-4-7-10-13-16-19-22-25-27-29-31-33-35-37-39-42-45-48-51-54-57-60-66(69)72-63-64(62-71-65(68)59-56-53-50-47-44-41-24-21-18-15-12-9-6-3)73-67(70)61-58-55-52-49-46-43-40-38-36-34-32-30-28-26-23-20-17-14-11-8-5-2/h7-8,10-11,16-17,19-21,24-28,31-34,37,39,64H,4-6,9,12-15,18,22-23,29-30,35-36,38,40-63H2,1-3H3/b10-7-,11-8-,19-16-,20-17-,24-21-,27-25-,28-26-,33-31-,34-32-,39-37-. The Morgan fingerprint density at radius 2 is 0.534 bits per heavy atom. The number of rotatable bonds is 53. The zero-order valence-electron chi connectivity index (χ0n) is 47.4. The SMILES string of the molecule is CC/C=C\C/C=C\C/C=C\C/C=C\C/C=C\CCCCCCCC(=O)OCC(COC(=O)CCCCCCC/C=C\CCCCCC)OC(=O)CCCCCCCCCC/C=C\C/C=C\C/C=C\C/C=C\CC. The molecule has 0 amide bonds. The molecule has 0 fully saturated rings. The zero-order valence-corrected chi connectivity index (χ0v) is 47.4. The van der Waals surface area contributed by atoms with E-state index in [9.17, 15) is 14.4 Å². The van der Waals surface area contributed by atoms with Gasteiger partial charge in [-0.3, -0.25) is 14.4 Å². The number of carbonyl (C=O) groups is 3. The summed E-state index contributed by atoms with van der Waals surface area (Å²) in [6.07, 6.45) is 83.3. The molecule has 0 heterocycles. The van der Waals surface area contributed by atoms with Gasteiger partial charge in [-0.05, 0) is 128 Å². The van der Waals surface area contributed by atoms with Crippen LogP contribution in [0.3, 0.4) is 0 Å². The fourth-order valence-corrected chi connectivity index (χ4v) is 7.98. The predicted octanol–water partition coefficient (Wildman–Crippen LogP) is 20.4. The van der Waals surface area contributed by atoms with E-state index in [1.165, 1.54) is 70.6 Å². The Morgan fingerprint density at radius 3 is 0.849 bits per heavy atom. The van der Waals surface area contributed by atoms with E-state index >= 15 is 0 Å². The van der Waals surface area contributed by atoms with Crippen molar-refractivity contribution in [3.05, 3.63) is 122 Å². The van der Waals surface area contributed by atoms with Crippen LogP contribution in [0.1, 0.15) is 265 Å². The van der Waals surface area contributed by atoms with Gasteiger partial charge in [0.1, 0.15) is 13.2 Å². The molecule has 0 saturated heterocycles. The van der Waals surface area contributed by atoms with Crippen molar-refractivity contribution in [1.29, 1.82) is 0 Å². The van der Waals surface area contributed by atoms with E-state index in [0.717, 1.165) is 154 Å². The number of ether oxygens (including phenoxy) is 3. The van der Waals surface area contributed by atoms with Gasteiger partial charge in [-0.1, -0.05) is 239 Å². The number of hydrogen-bond acceptors (Lipinski definition) is 6. The summed E-state index contributed by atoms with van der Waals surface area (Å²) < 4.78 is 16.9. The summed E-state index contributed by atoms with van der Waals surface area (Å²) >= 11 is 0. The van der Waals surface area contributed by atoms with Gasteiger partial charge in [0.2, 0.25) is 0 Å². The van der Waals surface area contributed by atoms with Crippen molar-refractivity contribution in [3.63, 3.8) is 0 Å². The molecule has 0 aromatic heterocycles. The summed E-state index contributed by atoms with van der Waals surface area (Å²) in [4.78, 5) is 38.2. The van der Waals surface area contributed by atoms with Gasteiger partial charge in [-0.25, -0.2) is 0 Å². The molecule has 0 saturated carbocycles. The lowest BCUT2D eigenvalue weighted by molar-refractivity contribution is -0.167. The van der Waals surface area contributed by atoms with Gasteiger partial charge in [0, 0.05) is 19.3 Å². The van der Waals surface area contributed by atoms with Crippen molar-refractivity contribution in [2.24, 2.45) is 0 Å². The minimum atomic E-state index is -0.798. The molecule has 1 atom stereocenters. The summed E-state index contributed by atoms with van der Waals surface area (Å²) in [5, 5.41) is 0. The first-order chi connectivity index (χ1) is 36.0. The van der Waals surface area contributed by atoms with Crippen molar-refractivity contribution < 1.29 is 28.6 Å². The molecule has 0 aromatic rings. The molecule has 0 bridgehead atoms. The van der Waals surface area contributed by atoms with Gasteiger partial charge in [0.25, 0.3) is 0 Å². The van der Waals surface area contributed by atoms with Crippen LogP contribution < -0.4 is 0 Å². The Kier molecular flexibility index (Phi) is 56.9. The smallest absolute Gasteiger partial charge is 0.306 e. The second-order valence-electron chi connectivity index (χ2n) is 19.5. The third kappa shape index (κ3) is 58.6. The molecule has 414 valence electrons. The van der Waals surface area contributed by atoms with Crippen molar-refractivity contribution in [1.82, 2.24) is 0 Å². The molecule has 0 spiro atoms. The maximum atomic E-state index is 12.9. The zero-order chi connectivity index (χ0) is 52.9. The predicted molar refractivity (Wildman–Crippen MR) is 316 cm³/mol. The first-order valence-corrected chi connectivity index (χ1v) is 30.0. The van der Waals surface area contributed by atoms with Crippen molar-refractivity contribution in [3.8, 4) is 0 Å². The minimum Gasteiger partial charge on any atom is -0.462 e. The number of allylic oxidation sites excluding steroid dienone is 20. The van der Waals surface area contributed by atoms with Gasteiger partial charge in [-0.2, -0.15) is 0 Å². The van der Waals surface area contributed by atoms with Gasteiger partial charge in [0.05, 0.1) is 0 Å². The van der Waals surface area contributed by atoms with Gasteiger partial charge < -0.3 is 14.2 Å². The summed E-state index contributed by atoms with van der Waals surface area (Å²) in [5.41, 5.74) is 0. The fourth-order valence-electron chi connectivity index (χ4n) is 7.98. The van der Waals surface area contributed by atoms with E-state index in [4.69, 9.17) is 14.2 Å². The molecule has 73 heavy (non-hydrogen) atoms. The molecule has 0 aromatic carbocycles. The molecule has 0 N–H and O–H groups in total. The monoisotopic (exact) mass is 1010 g/mol. The third-order valence-corrected chi connectivity index (χ3v) is 12.4. The van der Waals surface area contributed by atoms with Crippen LogP contribution in [0.25, 0.3) is 0 Å². The molecule has 0 rings (SSSR count). The Balaban J connectivity index is 4.44. The quantitative estimate of drug-likeness (QED) is 0.0261. The van der Waals surface area contributed by atoms with Crippen LogP contribution >= 0.6 is 0 Å². The van der Waals surface area contributed by atoms with E-state index in [0.29, 0.717) is 19.3 Å². The van der Waals surface area contributed by atoms with Crippen LogP contribution in [0, 0.1) is 0 Å². The Hall–Kier alpha value is -4.19. The molecule has 0 radical (unpaired) electrons. The molecular weight excluding hydrogens is 901 g/mol. The normalized spacial score (nSPS) is 13.0. The van der Waals surface area contributed by atoms with Crippen LogP contribution in [0.2, 0.25) is 0 Å². The summed E-state index contributed by atoms with van der Waals surface area (Å²) in [6, 6.07) is 0. The highest BCUT2D eigenvalue weighted by atomic mass is 16.6. The highest BCUT2D eigenvalue weighted by Crippen LogP contribution is 2.14. The third-order valence-electron chi connectivity index (χ3n) is 12.4. The number of hydrogen-bond donors (Lipinski definition) is 0. The van der Waals surface area contributed by atoms with Crippen LogP contribution in [0.4, 0.5) is 0 Å². The van der Waals surface area contributed by atoms with E-state index in [1.807, 2.05) is 0 Å². The largest absolute Gasteiger partial charge is 0.462 e. The van der Waals surface area contributed by atoms with Crippen LogP contribution in [-0.4, -0.2) is 37.2 Å². The Labute approximate surface area is 450 Å². The lowest BCUT2D eigenvalue weighted by Crippen LogP contribution is -2.30. The van der Waals surface area contributed by atoms with Crippen LogP contribution in [0.15, 0.2) is 122 Å². The first kappa shape index (κ1) is 68.8. The number of esters is 3. The molecule has 1 unspecified atom stereocenters. The average molecular weight is 1010 g/mol. The average Bonchev–Trinajstić information content (AvgIpc) is 3.39. The Morgan fingerprint density at radius 1 is 0.288 bits per heavy atom. The molecular formula is C67H110O6. The maximum Gasteiger partial charge on any atom is 0.306 e. The van der Waals surface area contributed by atoms with Gasteiger partial charge in [0.15, 0.2) is 6.10 Å². The van der Waals surface area contributed by atoms with Crippen molar-refractivity contribution in [2.75, 3.05) is 13.2 Å².